The van der Waals surface area contributed by atoms with Gasteiger partial charge in [0.25, 0.3) is 0 Å². The first-order valence-electron chi connectivity index (χ1n) is 10.2. The average Bonchev–Trinajstić information content (AvgIpc) is 3.30. The van der Waals surface area contributed by atoms with Gasteiger partial charge in [-0.2, -0.15) is 23.4 Å². The maximum atomic E-state index is 14.4. The van der Waals surface area contributed by atoms with Gasteiger partial charge < -0.3 is 15.5 Å². The summed E-state index contributed by atoms with van der Waals surface area (Å²) < 4.78 is 58.0. The third kappa shape index (κ3) is 3.62. The highest BCUT2D eigenvalue weighted by Gasteiger charge is 2.36. The Bertz CT molecular complexity index is 1310. The molecule has 0 aliphatic carbocycles. The van der Waals surface area contributed by atoms with Crippen molar-refractivity contribution < 1.29 is 17.6 Å². The van der Waals surface area contributed by atoms with Crippen molar-refractivity contribution in [2.75, 3.05) is 29.9 Å². The van der Waals surface area contributed by atoms with E-state index >= 15 is 0 Å². The highest BCUT2D eigenvalue weighted by Crippen LogP contribution is 2.41. The average molecular weight is 447 g/mol. The molecule has 3 N–H and O–H groups in total. The van der Waals surface area contributed by atoms with Crippen LogP contribution in [0.3, 0.4) is 0 Å². The zero-order valence-electron chi connectivity index (χ0n) is 17.4. The quantitative estimate of drug-likeness (QED) is 0.412. The lowest BCUT2D eigenvalue weighted by Crippen LogP contribution is -2.49. The predicted octanol–water partition coefficient (Wildman–Crippen LogP) is 4.15. The van der Waals surface area contributed by atoms with Crippen molar-refractivity contribution >= 4 is 39.0 Å². The Kier molecular flexibility index (Phi) is 4.73. The lowest BCUT2D eigenvalue weighted by molar-refractivity contribution is -0.136. The molecule has 2 aromatic carbocycles. The van der Waals surface area contributed by atoms with Gasteiger partial charge in [0.1, 0.15) is 5.52 Å². The third-order valence-electron chi connectivity index (χ3n) is 5.63. The largest absolute Gasteiger partial charge is 0.417 e. The van der Waals surface area contributed by atoms with Gasteiger partial charge in [-0.15, -0.1) is 0 Å². The lowest BCUT2D eigenvalue weighted by atomic mass is 10.1. The van der Waals surface area contributed by atoms with Gasteiger partial charge in [-0.1, -0.05) is 0 Å². The molecule has 168 valence electrons. The number of rotatable bonds is 3. The van der Waals surface area contributed by atoms with Gasteiger partial charge in [-0.05, 0) is 31.2 Å². The van der Waals surface area contributed by atoms with Crippen LogP contribution in [0.15, 0.2) is 30.5 Å². The molecule has 4 aromatic rings. The van der Waals surface area contributed by atoms with Crippen molar-refractivity contribution in [3.8, 4) is 0 Å². The molecule has 0 radical (unpaired) electrons. The summed E-state index contributed by atoms with van der Waals surface area (Å²) in [5.74, 6) is -0.591. The van der Waals surface area contributed by atoms with Crippen LogP contribution in [0.5, 0.6) is 0 Å². The number of nitrogens with zero attached hydrogens (tertiary/aromatic N) is 4. The number of H-pyrrole nitrogens is 1. The maximum Gasteiger partial charge on any atom is 0.417 e. The highest BCUT2D eigenvalue weighted by atomic mass is 19.4. The number of aromatic amines is 1. The zero-order valence-corrected chi connectivity index (χ0v) is 17.4. The number of benzene rings is 2. The van der Waals surface area contributed by atoms with Crippen LogP contribution in [0.25, 0.3) is 21.8 Å². The third-order valence-corrected chi connectivity index (χ3v) is 5.63. The molecule has 0 bridgehead atoms. The first-order valence-corrected chi connectivity index (χ1v) is 10.2. The lowest BCUT2D eigenvalue weighted by Gasteiger charge is -2.34. The van der Waals surface area contributed by atoms with Crippen LogP contribution < -0.4 is 15.5 Å². The fourth-order valence-electron chi connectivity index (χ4n) is 4.23. The number of anilines is 3. The normalized spacial score (nSPS) is 17.4. The topological polar surface area (TPSA) is 73.8 Å². The van der Waals surface area contributed by atoms with E-state index in [0.717, 1.165) is 6.07 Å². The molecule has 1 atom stereocenters. The van der Waals surface area contributed by atoms with Crippen molar-refractivity contribution in [2.45, 2.75) is 19.1 Å². The van der Waals surface area contributed by atoms with Crippen LogP contribution in [0.2, 0.25) is 0 Å². The summed E-state index contributed by atoms with van der Waals surface area (Å²) >= 11 is 0. The minimum atomic E-state index is -4.59. The number of piperazine rings is 1. The minimum absolute atomic E-state index is 0.0183. The number of hydrogen-bond acceptors (Lipinski definition) is 5. The summed E-state index contributed by atoms with van der Waals surface area (Å²) in [6.07, 6.45) is -2.96. The number of aromatic nitrogens is 4. The second-order valence-electron chi connectivity index (χ2n) is 8.11. The Morgan fingerprint density at radius 1 is 1.19 bits per heavy atom. The highest BCUT2D eigenvalue weighted by molar-refractivity contribution is 5.97. The summed E-state index contributed by atoms with van der Waals surface area (Å²) in [5.41, 5.74) is 0.415. The van der Waals surface area contributed by atoms with E-state index in [2.05, 4.69) is 25.9 Å². The Hall–Kier alpha value is -3.34. The minimum Gasteiger partial charge on any atom is -0.369 e. The van der Waals surface area contributed by atoms with Gasteiger partial charge in [0.2, 0.25) is 0 Å². The zero-order chi connectivity index (χ0) is 22.6. The van der Waals surface area contributed by atoms with Gasteiger partial charge in [-0.3, -0.25) is 9.78 Å². The number of aryl methyl sites for hydroxylation is 1. The molecule has 7 nitrogen and oxygen atoms in total. The van der Waals surface area contributed by atoms with E-state index in [-0.39, 0.29) is 34.0 Å². The van der Waals surface area contributed by atoms with Gasteiger partial charge in [0.15, 0.2) is 11.6 Å². The van der Waals surface area contributed by atoms with E-state index in [0.29, 0.717) is 30.7 Å². The molecule has 2 aromatic heterocycles. The van der Waals surface area contributed by atoms with Crippen LogP contribution in [-0.2, 0) is 13.2 Å². The Balaban J connectivity index is 1.59. The SMILES string of the molecule is CC1CN(c2cc(C(F)(F)F)c3c(Nc4cc(F)c5nn(C)cc5c4)n[nH]c3c2)CCN1. The molecule has 3 heterocycles. The van der Waals surface area contributed by atoms with Gasteiger partial charge in [0, 0.05) is 55.7 Å². The number of fused-ring (bicyclic) bond motifs is 2. The van der Waals surface area contributed by atoms with Gasteiger partial charge in [0.05, 0.1) is 16.5 Å². The molecule has 0 spiro atoms. The fraction of sp³-hybridized carbons (Fsp3) is 0.333. The summed E-state index contributed by atoms with van der Waals surface area (Å²) in [6.45, 7) is 3.90. The van der Waals surface area contributed by atoms with Crippen molar-refractivity contribution in [1.82, 2.24) is 25.3 Å². The molecule has 5 rings (SSSR count). The maximum absolute atomic E-state index is 14.4. The monoisotopic (exact) mass is 447 g/mol. The first kappa shape index (κ1) is 20.6. The van der Waals surface area contributed by atoms with E-state index in [1.165, 1.54) is 10.7 Å². The van der Waals surface area contributed by atoms with Crippen molar-refractivity contribution in [3.05, 3.63) is 41.8 Å². The molecule has 1 aliphatic rings. The summed E-state index contributed by atoms with van der Waals surface area (Å²) in [7, 11) is 1.67. The van der Waals surface area contributed by atoms with Crippen LogP contribution in [0.1, 0.15) is 12.5 Å². The molecule has 1 saturated heterocycles. The van der Waals surface area contributed by atoms with Crippen molar-refractivity contribution in [3.63, 3.8) is 0 Å². The Morgan fingerprint density at radius 3 is 2.75 bits per heavy atom. The molecule has 0 saturated carbocycles. The molecule has 32 heavy (non-hydrogen) atoms. The number of alkyl halides is 3. The molecule has 0 amide bonds. The standard InChI is InChI=1S/C21H21F4N7/c1-11-9-32(4-3-26-11)14-7-15(21(23,24)25)18-17(8-14)28-29-20(18)27-13-5-12-10-31(2)30-19(12)16(22)6-13/h5-8,10-11,26H,3-4,9H2,1-2H3,(H2,27,28,29). The van der Waals surface area contributed by atoms with E-state index in [1.54, 1.807) is 25.4 Å². The second-order valence-corrected chi connectivity index (χ2v) is 8.11. The first-order chi connectivity index (χ1) is 15.2. The van der Waals surface area contributed by atoms with E-state index in [9.17, 15) is 17.6 Å². The van der Waals surface area contributed by atoms with Crippen LogP contribution in [-0.4, -0.2) is 45.7 Å². The summed E-state index contributed by atoms with van der Waals surface area (Å²) in [5, 5.41) is 17.4. The molecule has 1 unspecified atom stereocenters. The molecule has 11 heteroatoms. The van der Waals surface area contributed by atoms with E-state index in [1.807, 2.05) is 11.8 Å². The smallest absolute Gasteiger partial charge is 0.369 e. The summed E-state index contributed by atoms with van der Waals surface area (Å²) in [4.78, 5) is 1.93. The van der Waals surface area contributed by atoms with E-state index in [4.69, 9.17) is 0 Å². The van der Waals surface area contributed by atoms with Crippen molar-refractivity contribution in [2.24, 2.45) is 7.05 Å². The molecule has 1 fully saturated rings. The van der Waals surface area contributed by atoms with Gasteiger partial charge >= 0.3 is 6.18 Å². The number of halogens is 4. The Morgan fingerprint density at radius 2 is 2.00 bits per heavy atom. The van der Waals surface area contributed by atoms with Gasteiger partial charge in [-0.25, -0.2) is 4.39 Å². The Labute approximate surface area is 180 Å². The van der Waals surface area contributed by atoms with E-state index < -0.39 is 17.6 Å². The molecule has 1 aliphatic heterocycles. The number of nitrogens with one attached hydrogen (secondary N) is 3. The molecular formula is C21H21F4N7. The number of hydrogen-bond donors (Lipinski definition) is 3. The van der Waals surface area contributed by atoms with Crippen molar-refractivity contribution in [1.29, 1.82) is 0 Å². The van der Waals surface area contributed by atoms with Crippen LogP contribution in [0, 0.1) is 5.82 Å². The fourth-order valence-corrected chi connectivity index (χ4v) is 4.23. The molecular weight excluding hydrogens is 426 g/mol. The summed E-state index contributed by atoms with van der Waals surface area (Å²) in [6, 6.07) is 5.82. The second kappa shape index (κ2) is 7.37. The predicted molar refractivity (Wildman–Crippen MR) is 115 cm³/mol. The van der Waals surface area contributed by atoms with Crippen LogP contribution in [0.4, 0.5) is 34.8 Å². The van der Waals surface area contributed by atoms with Crippen LogP contribution >= 0.6 is 0 Å².